The molecule has 2 atom stereocenters. The molecule has 0 radical (unpaired) electrons. The zero-order chi connectivity index (χ0) is 12.8. The van der Waals surface area contributed by atoms with Gasteiger partial charge in [-0.15, -0.1) is 0 Å². The molecule has 0 heterocycles. The highest BCUT2D eigenvalue weighted by molar-refractivity contribution is 5.85. The molecule has 0 aromatic rings. The molecule has 0 bridgehead atoms. The van der Waals surface area contributed by atoms with E-state index in [1.54, 1.807) is 7.05 Å². The minimum atomic E-state index is -0.438. The Hall–Kier alpha value is -0.570. The third kappa shape index (κ3) is 4.97. The van der Waals surface area contributed by atoms with Crippen LogP contribution in [0.2, 0.25) is 0 Å². The van der Waals surface area contributed by atoms with Crippen LogP contribution in [0.25, 0.3) is 0 Å². The van der Waals surface area contributed by atoms with Gasteiger partial charge in [-0.05, 0) is 31.7 Å². The summed E-state index contributed by atoms with van der Waals surface area (Å²) in [6.07, 6.45) is 2.00. The number of carbonyl (C=O) groups excluding carboxylic acids is 1. The van der Waals surface area contributed by atoms with Gasteiger partial charge in [0.25, 0.3) is 0 Å². The molecule has 0 aliphatic rings. The average Bonchev–Trinajstić information content (AvgIpc) is 2.23. The number of hydrogen-bond acceptors (Lipinski definition) is 2. The van der Waals surface area contributed by atoms with E-state index in [1.807, 2.05) is 6.92 Å². The monoisotopic (exact) mass is 228 g/mol. The molecule has 0 aliphatic heterocycles. The summed E-state index contributed by atoms with van der Waals surface area (Å²) in [5.74, 6) is 1.20. The molecule has 0 fully saturated rings. The largest absolute Gasteiger partial charge is 0.358 e. The lowest BCUT2D eigenvalue weighted by molar-refractivity contribution is -0.127. The number of rotatable bonds is 7. The van der Waals surface area contributed by atoms with Crippen molar-refractivity contribution in [2.24, 2.45) is 11.8 Å². The minimum Gasteiger partial charge on any atom is -0.358 e. The van der Waals surface area contributed by atoms with E-state index in [0.29, 0.717) is 11.8 Å². The highest BCUT2D eigenvalue weighted by Crippen LogP contribution is 2.17. The van der Waals surface area contributed by atoms with Crippen molar-refractivity contribution in [1.82, 2.24) is 10.6 Å². The number of likely N-dealkylation sites (N-methyl/N-ethyl adjacent to an activating group) is 1. The first-order chi connectivity index (χ1) is 7.35. The molecule has 0 spiro atoms. The average molecular weight is 228 g/mol. The molecule has 0 saturated heterocycles. The summed E-state index contributed by atoms with van der Waals surface area (Å²) in [5.41, 5.74) is -0.438. The Morgan fingerprint density at radius 3 is 2.25 bits per heavy atom. The molecular formula is C13H28N2O. The summed E-state index contributed by atoms with van der Waals surface area (Å²) >= 11 is 0. The third-order valence-electron chi connectivity index (χ3n) is 3.08. The van der Waals surface area contributed by atoms with Gasteiger partial charge in [-0.25, -0.2) is 0 Å². The highest BCUT2D eigenvalue weighted by Gasteiger charge is 2.32. The van der Waals surface area contributed by atoms with Gasteiger partial charge in [-0.3, -0.25) is 4.79 Å². The van der Waals surface area contributed by atoms with Crippen LogP contribution < -0.4 is 10.6 Å². The second kappa shape index (κ2) is 6.89. The molecule has 0 aromatic carbocycles. The van der Waals surface area contributed by atoms with Gasteiger partial charge in [0.2, 0.25) is 5.91 Å². The number of carbonyl (C=O) groups is 1. The molecule has 0 aromatic heterocycles. The van der Waals surface area contributed by atoms with Gasteiger partial charge in [0.05, 0.1) is 5.54 Å². The molecule has 3 nitrogen and oxygen atoms in total. The highest BCUT2D eigenvalue weighted by atomic mass is 16.2. The number of nitrogens with one attached hydrogen (secondary N) is 2. The molecule has 0 aliphatic carbocycles. The van der Waals surface area contributed by atoms with Crippen molar-refractivity contribution in [2.75, 3.05) is 13.6 Å². The van der Waals surface area contributed by atoms with Crippen LogP contribution in [-0.4, -0.2) is 25.0 Å². The molecule has 96 valence electrons. The van der Waals surface area contributed by atoms with Crippen molar-refractivity contribution >= 4 is 5.91 Å². The van der Waals surface area contributed by atoms with Gasteiger partial charge in [0.15, 0.2) is 0 Å². The maximum Gasteiger partial charge on any atom is 0.239 e. The Balaban J connectivity index is 4.47. The predicted octanol–water partition coefficient (Wildman–Crippen LogP) is 2.17. The molecule has 2 unspecified atom stereocenters. The molecular weight excluding hydrogens is 200 g/mol. The normalized spacial score (nSPS) is 16.9. The van der Waals surface area contributed by atoms with Crippen molar-refractivity contribution in [3.8, 4) is 0 Å². The van der Waals surface area contributed by atoms with Crippen molar-refractivity contribution in [2.45, 2.75) is 53.0 Å². The Bertz CT molecular complexity index is 216. The van der Waals surface area contributed by atoms with Gasteiger partial charge in [-0.1, -0.05) is 34.1 Å². The van der Waals surface area contributed by atoms with E-state index in [2.05, 4.69) is 38.3 Å². The molecule has 16 heavy (non-hydrogen) atoms. The van der Waals surface area contributed by atoms with E-state index in [0.717, 1.165) is 19.4 Å². The molecule has 3 heteroatoms. The SMILES string of the molecule is CCC(C)CNC(C)(CC(C)C)C(=O)NC. The lowest BCUT2D eigenvalue weighted by atomic mass is 9.89. The Labute approximate surface area is 100 Å². The smallest absolute Gasteiger partial charge is 0.239 e. The van der Waals surface area contributed by atoms with Gasteiger partial charge >= 0.3 is 0 Å². The first-order valence-corrected chi connectivity index (χ1v) is 6.33. The van der Waals surface area contributed by atoms with Crippen LogP contribution >= 0.6 is 0 Å². The second-order valence-corrected chi connectivity index (χ2v) is 5.40. The fourth-order valence-electron chi connectivity index (χ4n) is 1.88. The van der Waals surface area contributed by atoms with Crippen LogP contribution in [0.5, 0.6) is 0 Å². The van der Waals surface area contributed by atoms with Crippen molar-refractivity contribution in [1.29, 1.82) is 0 Å². The van der Waals surface area contributed by atoms with E-state index in [1.165, 1.54) is 0 Å². The van der Waals surface area contributed by atoms with Crippen molar-refractivity contribution in [3.63, 3.8) is 0 Å². The van der Waals surface area contributed by atoms with E-state index < -0.39 is 5.54 Å². The van der Waals surface area contributed by atoms with Gasteiger partial charge < -0.3 is 10.6 Å². The van der Waals surface area contributed by atoms with Crippen LogP contribution in [0.3, 0.4) is 0 Å². The van der Waals surface area contributed by atoms with Gasteiger partial charge in [-0.2, -0.15) is 0 Å². The third-order valence-corrected chi connectivity index (χ3v) is 3.08. The zero-order valence-corrected chi connectivity index (χ0v) is 11.7. The van der Waals surface area contributed by atoms with E-state index in [4.69, 9.17) is 0 Å². The standard InChI is InChI=1S/C13H28N2O/c1-7-11(4)9-15-13(5,8-10(2)3)12(16)14-6/h10-11,15H,7-9H2,1-6H3,(H,14,16). The van der Waals surface area contributed by atoms with Crippen LogP contribution in [0.15, 0.2) is 0 Å². The quantitative estimate of drug-likeness (QED) is 0.701. The van der Waals surface area contributed by atoms with Crippen molar-refractivity contribution < 1.29 is 4.79 Å². The minimum absolute atomic E-state index is 0.0875. The fraction of sp³-hybridized carbons (Fsp3) is 0.923. The summed E-state index contributed by atoms with van der Waals surface area (Å²) in [6.45, 7) is 11.6. The van der Waals surface area contributed by atoms with Gasteiger partial charge in [0, 0.05) is 7.05 Å². The van der Waals surface area contributed by atoms with Crippen LogP contribution in [0.1, 0.15) is 47.5 Å². The van der Waals surface area contributed by atoms with Crippen LogP contribution in [0, 0.1) is 11.8 Å². The van der Waals surface area contributed by atoms with Crippen LogP contribution in [-0.2, 0) is 4.79 Å². The van der Waals surface area contributed by atoms with E-state index in [9.17, 15) is 4.79 Å². The van der Waals surface area contributed by atoms with Gasteiger partial charge in [0.1, 0.15) is 0 Å². The molecule has 0 saturated carbocycles. The van der Waals surface area contributed by atoms with E-state index in [-0.39, 0.29) is 5.91 Å². The molecule has 2 N–H and O–H groups in total. The number of hydrogen-bond donors (Lipinski definition) is 2. The van der Waals surface area contributed by atoms with Crippen molar-refractivity contribution in [3.05, 3.63) is 0 Å². The Morgan fingerprint density at radius 1 is 1.31 bits per heavy atom. The lowest BCUT2D eigenvalue weighted by Gasteiger charge is -2.32. The number of amides is 1. The fourth-order valence-corrected chi connectivity index (χ4v) is 1.88. The molecule has 0 rings (SSSR count). The maximum atomic E-state index is 11.9. The summed E-state index contributed by atoms with van der Waals surface area (Å²) in [7, 11) is 1.70. The van der Waals surface area contributed by atoms with E-state index >= 15 is 0 Å². The second-order valence-electron chi connectivity index (χ2n) is 5.40. The first-order valence-electron chi connectivity index (χ1n) is 6.33. The summed E-state index contributed by atoms with van der Waals surface area (Å²) < 4.78 is 0. The first kappa shape index (κ1) is 15.4. The topological polar surface area (TPSA) is 41.1 Å². The molecule has 1 amide bonds. The Kier molecular flexibility index (Phi) is 6.65. The maximum absolute atomic E-state index is 11.9. The summed E-state index contributed by atoms with van der Waals surface area (Å²) in [4.78, 5) is 11.9. The summed E-state index contributed by atoms with van der Waals surface area (Å²) in [5, 5.41) is 6.17. The lowest BCUT2D eigenvalue weighted by Crippen LogP contribution is -2.55. The predicted molar refractivity (Wildman–Crippen MR) is 69.4 cm³/mol. The van der Waals surface area contributed by atoms with Crippen LogP contribution in [0.4, 0.5) is 0 Å². The zero-order valence-electron chi connectivity index (χ0n) is 11.7. The Morgan fingerprint density at radius 2 is 1.88 bits per heavy atom. The summed E-state index contributed by atoms with van der Waals surface area (Å²) in [6, 6.07) is 0.